The number of hydrogen-bond donors (Lipinski definition) is 1. The molecular weight excluding hydrogens is 343 g/mol. The molecule has 0 saturated heterocycles. The third-order valence-electron chi connectivity index (χ3n) is 5.03. The highest BCUT2D eigenvalue weighted by molar-refractivity contribution is 5.67. The van der Waals surface area contributed by atoms with E-state index in [4.69, 9.17) is 14.5 Å². The van der Waals surface area contributed by atoms with Crippen molar-refractivity contribution in [2.75, 3.05) is 5.32 Å². The van der Waals surface area contributed by atoms with Gasteiger partial charge in [-0.15, -0.1) is 0 Å². The number of nitrogens with one attached hydrogen (secondary N) is 1. The molecule has 4 aromatic rings. The molecule has 3 aromatic heterocycles. The molecule has 0 atom stereocenters. The molecule has 1 N–H and O–H groups in total. The van der Waals surface area contributed by atoms with E-state index in [2.05, 4.69) is 5.32 Å². The smallest absolute Gasteiger partial charge is 0.158 e. The Bertz CT molecular complexity index is 1080. The minimum Gasteiger partial charge on any atom is -0.467 e. The normalized spacial score (nSPS) is 13.7. The van der Waals surface area contributed by atoms with Crippen molar-refractivity contribution in [1.82, 2.24) is 14.6 Å². The molecule has 0 spiro atoms. The van der Waals surface area contributed by atoms with E-state index in [0.29, 0.717) is 6.54 Å². The van der Waals surface area contributed by atoms with Crippen LogP contribution in [0.25, 0.3) is 16.9 Å². The molecule has 0 fully saturated rings. The van der Waals surface area contributed by atoms with Crippen molar-refractivity contribution in [3.05, 3.63) is 71.6 Å². The number of rotatable bonds is 4. The van der Waals surface area contributed by atoms with E-state index in [9.17, 15) is 4.39 Å². The van der Waals surface area contributed by atoms with Crippen molar-refractivity contribution in [2.24, 2.45) is 0 Å². The molecule has 0 aliphatic heterocycles. The van der Waals surface area contributed by atoms with Gasteiger partial charge in [-0.1, -0.05) is 0 Å². The summed E-state index contributed by atoms with van der Waals surface area (Å²) < 4.78 is 20.6. The molecule has 0 amide bonds. The van der Waals surface area contributed by atoms with Crippen molar-refractivity contribution in [3.8, 4) is 11.3 Å². The molecule has 0 radical (unpaired) electrons. The third-order valence-corrected chi connectivity index (χ3v) is 5.03. The van der Waals surface area contributed by atoms with Crippen LogP contribution in [0.4, 0.5) is 10.2 Å². The van der Waals surface area contributed by atoms with E-state index >= 15 is 0 Å². The fraction of sp³-hybridized carbons (Fsp3) is 0.238. The van der Waals surface area contributed by atoms with Gasteiger partial charge in [0.1, 0.15) is 17.4 Å². The number of aryl methyl sites for hydroxylation is 1. The molecule has 3 heterocycles. The Kier molecular flexibility index (Phi) is 3.89. The van der Waals surface area contributed by atoms with E-state index in [0.717, 1.165) is 59.9 Å². The number of fused-ring (bicyclic) bond motifs is 2. The zero-order chi connectivity index (χ0) is 18.2. The van der Waals surface area contributed by atoms with Gasteiger partial charge in [0.05, 0.1) is 18.5 Å². The lowest BCUT2D eigenvalue weighted by Gasteiger charge is -2.20. The van der Waals surface area contributed by atoms with Crippen LogP contribution < -0.4 is 5.32 Å². The second kappa shape index (κ2) is 6.54. The first-order chi connectivity index (χ1) is 13.3. The van der Waals surface area contributed by atoms with Crippen LogP contribution >= 0.6 is 0 Å². The summed E-state index contributed by atoms with van der Waals surface area (Å²) in [6, 6.07) is 12.2. The highest BCUT2D eigenvalue weighted by atomic mass is 19.1. The number of hydrogen-bond acceptors (Lipinski definition) is 4. The van der Waals surface area contributed by atoms with Crippen LogP contribution in [0.15, 0.2) is 53.1 Å². The maximum atomic E-state index is 13.3. The largest absolute Gasteiger partial charge is 0.467 e. The number of furan rings is 1. The van der Waals surface area contributed by atoms with Crippen LogP contribution in [0.5, 0.6) is 0 Å². The van der Waals surface area contributed by atoms with Gasteiger partial charge in [0.2, 0.25) is 0 Å². The second-order valence-electron chi connectivity index (χ2n) is 6.83. The maximum Gasteiger partial charge on any atom is 0.158 e. The minimum atomic E-state index is -0.253. The monoisotopic (exact) mass is 362 g/mol. The Labute approximate surface area is 155 Å². The van der Waals surface area contributed by atoms with Gasteiger partial charge >= 0.3 is 0 Å². The van der Waals surface area contributed by atoms with Gasteiger partial charge in [-0.2, -0.15) is 9.61 Å². The van der Waals surface area contributed by atoms with Crippen molar-refractivity contribution in [3.63, 3.8) is 0 Å². The van der Waals surface area contributed by atoms with E-state index in [1.807, 2.05) is 22.7 Å². The number of aromatic nitrogens is 3. The summed E-state index contributed by atoms with van der Waals surface area (Å²) in [6.45, 7) is 0.588. The number of nitrogens with zero attached hydrogens (tertiary/aromatic N) is 3. The van der Waals surface area contributed by atoms with Gasteiger partial charge in [0.15, 0.2) is 5.65 Å². The van der Waals surface area contributed by atoms with E-state index in [1.165, 1.54) is 17.7 Å². The van der Waals surface area contributed by atoms with Crippen molar-refractivity contribution in [1.29, 1.82) is 0 Å². The van der Waals surface area contributed by atoms with E-state index < -0.39 is 0 Å². The fourth-order valence-electron chi connectivity index (χ4n) is 3.68. The lowest BCUT2D eigenvalue weighted by atomic mass is 9.96. The minimum absolute atomic E-state index is 0.253. The molecule has 1 aromatic carbocycles. The molecule has 1 aliphatic carbocycles. The predicted octanol–water partition coefficient (Wildman–Crippen LogP) is 4.62. The average Bonchev–Trinajstić information content (AvgIpc) is 3.35. The lowest BCUT2D eigenvalue weighted by molar-refractivity contribution is 0.517. The Morgan fingerprint density at radius 3 is 2.78 bits per heavy atom. The molecule has 0 unspecified atom stereocenters. The summed E-state index contributed by atoms with van der Waals surface area (Å²) in [6.07, 6.45) is 5.96. The van der Waals surface area contributed by atoms with Gasteiger partial charge in [-0.25, -0.2) is 9.37 Å². The average molecular weight is 362 g/mol. The first-order valence-electron chi connectivity index (χ1n) is 9.22. The Morgan fingerprint density at radius 1 is 1.11 bits per heavy atom. The summed E-state index contributed by atoms with van der Waals surface area (Å²) >= 11 is 0. The molecule has 5 rings (SSSR count). The van der Waals surface area contributed by atoms with Gasteiger partial charge in [0.25, 0.3) is 0 Å². The molecular formula is C21H19FN4O. The van der Waals surface area contributed by atoms with Crippen LogP contribution in [0.3, 0.4) is 0 Å². The topological polar surface area (TPSA) is 55.4 Å². The van der Waals surface area contributed by atoms with Crippen molar-refractivity contribution < 1.29 is 8.81 Å². The maximum absolute atomic E-state index is 13.3. The van der Waals surface area contributed by atoms with E-state index in [-0.39, 0.29) is 5.82 Å². The predicted molar refractivity (Wildman–Crippen MR) is 101 cm³/mol. The quantitative estimate of drug-likeness (QED) is 0.576. The fourth-order valence-corrected chi connectivity index (χ4v) is 3.68. The Balaban J connectivity index is 1.61. The zero-order valence-electron chi connectivity index (χ0n) is 14.8. The third kappa shape index (κ3) is 2.97. The summed E-state index contributed by atoms with van der Waals surface area (Å²) in [7, 11) is 0. The Hall–Kier alpha value is -3.15. The van der Waals surface area contributed by atoms with Crippen molar-refractivity contribution >= 4 is 11.5 Å². The van der Waals surface area contributed by atoms with Gasteiger partial charge in [-0.3, -0.25) is 0 Å². The highest BCUT2D eigenvalue weighted by Crippen LogP contribution is 2.30. The van der Waals surface area contributed by atoms with Gasteiger partial charge in [-0.05, 0) is 62.1 Å². The summed E-state index contributed by atoms with van der Waals surface area (Å²) in [5.74, 6) is 1.59. The second-order valence-corrected chi connectivity index (χ2v) is 6.83. The molecule has 136 valence electrons. The molecule has 0 bridgehead atoms. The highest BCUT2D eigenvalue weighted by Gasteiger charge is 2.20. The van der Waals surface area contributed by atoms with E-state index in [1.54, 1.807) is 18.4 Å². The van der Waals surface area contributed by atoms with Crippen LogP contribution in [-0.4, -0.2) is 14.6 Å². The lowest BCUT2D eigenvalue weighted by Crippen LogP contribution is -2.15. The number of benzene rings is 1. The summed E-state index contributed by atoms with van der Waals surface area (Å²) in [4.78, 5) is 4.85. The van der Waals surface area contributed by atoms with Crippen LogP contribution in [-0.2, 0) is 19.4 Å². The standard InChI is InChI=1S/C21H19FN4O/c22-15-9-7-14(8-10-15)19-12-20-24-18-6-2-1-5-17(18)21(26(20)25-19)23-13-16-4-3-11-27-16/h3-4,7-12,23H,1-2,5-6,13H2. The van der Waals surface area contributed by atoms with Crippen LogP contribution in [0.2, 0.25) is 0 Å². The van der Waals surface area contributed by atoms with Crippen LogP contribution in [0, 0.1) is 5.82 Å². The van der Waals surface area contributed by atoms with Gasteiger partial charge in [0, 0.05) is 22.9 Å². The Morgan fingerprint density at radius 2 is 1.96 bits per heavy atom. The molecule has 5 nitrogen and oxygen atoms in total. The summed E-state index contributed by atoms with van der Waals surface area (Å²) in [5.41, 5.74) is 4.83. The first-order valence-corrected chi connectivity index (χ1v) is 9.22. The zero-order valence-corrected chi connectivity index (χ0v) is 14.8. The molecule has 1 aliphatic rings. The number of halogens is 1. The number of anilines is 1. The summed E-state index contributed by atoms with van der Waals surface area (Å²) in [5, 5.41) is 8.26. The molecule has 0 saturated carbocycles. The van der Waals surface area contributed by atoms with Gasteiger partial charge < -0.3 is 9.73 Å². The van der Waals surface area contributed by atoms with Crippen LogP contribution in [0.1, 0.15) is 29.9 Å². The molecule has 27 heavy (non-hydrogen) atoms. The van der Waals surface area contributed by atoms with Crippen molar-refractivity contribution in [2.45, 2.75) is 32.2 Å². The SMILES string of the molecule is Fc1ccc(-c2cc3nc4c(c(NCc5ccco5)n3n2)CCCC4)cc1. The molecule has 6 heteroatoms. The first kappa shape index (κ1) is 16.1.